The van der Waals surface area contributed by atoms with Crippen LogP contribution >= 0.6 is 0 Å². The lowest BCUT2D eigenvalue weighted by molar-refractivity contribution is 0.0306. The molecule has 0 bridgehead atoms. The summed E-state index contributed by atoms with van der Waals surface area (Å²) < 4.78 is 5.47. The van der Waals surface area contributed by atoms with Crippen molar-refractivity contribution in [1.29, 1.82) is 0 Å². The number of carbonyl (C=O) groups excluding carboxylic acids is 1. The molecule has 5 heteroatoms. The van der Waals surface area contributed by atoms with Crippen molar-refractivity contribution in [3.63, 3.8) is 0 Å². The predicted octanol–water partition coefficient (Wildman–Crippen LogP) is 2.70. The molecular weight excluding hydrogens is 308 g/mol. The van der Waals surface area contributed by atoms with Crippen LogP contribution in [-0.4, -0.2) is 33.5 Å². The summed E-state index contributed by atoms with van der Waals surface area (Å²) in [7, 11) is 0. The van der Waals surface area contributed by atoms with E-state index in [9.17, 15) is 20.1 Å². The van der Waals surface area contributed by atoms with E-state index in [0.717, 1.165) is 18.9 Å². The van der Waals surface area contributed by atoms with Crippen molar-refractivity contribution < 1.29 is 24.9 Å². The van der Waals surface area contributed by atoms with Crippen LogP contribution < -0.4 is 0 Å². The standard InChI is InChI=1S/C19H22O5/c1-11-6-13-7-12(13)4-2-3-5-15(20)8-14-9-16(21)10-17(22)18(14)19(23)24-11/h2-5,9-13,15,20-22H,6-8H2,1H3/b4-2+,5-3+/t11-,12+,13+,15+/m1/s1. The molecule has 3 N–H and O–H groups in total. The van der Waals surface area contributed by atoms with Gasteiger partial charge in [0.2, 0.25) is 0 Å². The summed E-state index contributed by atoms with van der Waals surface area (Å²) in [6.07, 6.45) is 8.30. The Morgan fingerprint density at radius 1 is 1.12 bits per heavy atom. The molecule has 1 saturated carbocycles. The van der Waals surface area contributed by atoms with Crippen LogP contribution in [0.15, 0.2) is 36.4 Å². The number of esters is 1. The molecule has 2 aliphatic rings. The van der Waals surface area contributed by atoms with Crippen LogP contribution in [-0.2, 0) is 11.2 Å². The zero-order chi connectivity index (χ0) is 17.3. The number of hydrogen-bond donors (Lipinski definition) is 3. The lowest BCUT2D eigenvalue weighted by atomic mass is 9.99. The lowest BCUT2D eigenvalue weighted by Crippen LogP contribution is -2.19. The zero-order valence-corrected chi connectivity index (χ0v) is 13.6. The van der Waals surface area contributed by atoms with Crippen molar-refractivity contribution in [2.24, 2.45) is 11.8 Å². The van der Waals surface area contributed by atoms with Crippen LogP contribution in [0.25, 0.3) is 0 Å². The molecule has 1 aliphatic heterocycles. The fraction of sp³-hybridized carbons (Fsp3) is 0.421. The number of carbonyl (C=O) groups is 1. The van der Waals surface area contributed by atoms with Crippen LogP contribution in [0.5, 0.6) is 11.5 Å². The summed E-state index contributed by atoms with van der Waals surface area (Å²) in [5.74, 6) is -0.137. The number of cyclic esters (lactones) is 1. The smallest absolute Gasteiger partial charge is 0.342 e. The SMILES string of the molecule is C[C@@H]1C[C@H]2C[C@@H]2/C=C/C=C/[C@H](O)Cc2cc(O)cc(O)c2C(=O)O1. The number of allylic oxidation sites excluding steroid dienone is 3. The number of phenols is 2. The molecule has 24 heavy (non-hydrogen) atoms. The van der Waals surface area contributed by atoms with E-state index in [-0.39, 0.29) is 29.6 Å². The van der Waals surface area contributed by atoms with E-state index in [0.29, 0.717) is 17.4 Å². The fourth-order valence-corrected chi connectivity index (χ4v) is 3.25. The molecular formula is C19H22O5. The van der Waals surface area contributed by atoms with Gasteiger partial charge in [-0.25, -0.2) is 4.79 Å². The van der Waals surface area contributed by atoms with Crippen molar-refractivity contribution >= 4 is 5.97 Å². The van der Waals surface area contributed by atoms with Gasteiger partial charge in [-0.1, -0.05) is 24.3 Å². The molecule has 5 nitrogen and oxygen atoms in total. The largest absolute Gasteiger partial charge is 0.508 e. The maximum absolute atomic E-state index is 12.5. The van der Waals surface area contributed by atoms with E-state index in [1.165, 1.54) is 6.07 Å². The minimum Gasteiger partial charge on any atom is -0.508 e. The number of fused-ring (bicyclic) bond motifs is 2. The molecule has 0 radical (unpaired) electrons. The molecule has 1 fully saturated rings. The second kappa shape index (κ2) is 6.69. The number of aliphatic hydroxyl groups is 1. The van der Waals surface area contributed by atoms with E-state index >= 15 is 0 Å². The first-order chi connectivity index (χ1) is 11.4. The van der Waals surface area contributed by atoms with E-state index in [1.54, 1.807) is 12.2 Å². The highest BCUT2D eigenvalue weighted by atomic mass is 16.5. The summed E-state index contributed by atoms with van der Waals surface area (Å²) in [6.45, 7) is 1.84. The van der Waals surface area contributed by atoms with Crippen LogP contribution in [0.3, 0.4) is 0 Å². The molecule has 1 aromatic carbocycles. The first-order valence-electron chi connectivity index (χ1n) is 8.23. The van der Waals surface area contributed by atoms with E-state index in [1.807, 2.05) is 13.0 Å². The van der Waals surface area contributed by atoms with Gasteiger partial charge in [0.25, 0.3) is 0 Å². The van der Waals surface area contributed by atoms with E-state index in [4.69, 9.17) is 4.74 Å². The Kier molecular flexibility index (Phi) is 4.62. The maximum atomic E-state index is 12.5. The van der Waals surface area contributed by atoms with Gasteiger partial charge < -0.3 is 20.1 Å². The summed E-state index contributed by atoms with van der Waals surface area (Å²) in [5.41, 5.74) is 0.360. The number of rotatable bonds is 0. The third kappa shape index (κ3) is 3.79. The second-order valence-electron chi connectivity index (χ2n) is 6.65. The predicted molar refractivity (Wildman–Crippen MR) is 88.9 cm³/mol. The number of phenolic OH excluding ortho intramolecular Hbond substituents is 2. The first kappa shape index (κ1) is 16.6. The average Bonchev–Trinajstić information content (AvgIpc) is 3.19. The Morgan fingerprint density at radius 2 is 1.88 bits per heavy atom. The minimum absolute atomic E-state index is 0.00653. The first-order valence-corrected chi connectivity index (χ1v) is 8.23. The number of aromatic hydroxyl groups is 2. The normalized spacial score (nSPS) is 32.7. The highest BCUT2D eigenvalue weighted by Crippen LogP contribution is 2.43. The Hall–Kier alpha value is -2.27. The molecule has 0 unspecified atom stereocenters. The molecule has 128 valence electrons. The maximum Gasteiger partial charge on any atom is 0.342 e. The Bertz CT molecular complexity index is 691. The van der Waals surface area contributed by atoms with Crippen LogP contribution in [0.1, 0.15) is 35.7 Å². The summed E-state index contributed by atoms with van der Waals surface area (Å²) in [4.78, 5) is 12.5. The third-order valence-corrected chi connectivity index (χ3v) is 4.54. The lowest BCUT2D eigenvalue weighted by Gasteiger charge is -2.17. The Morgan fingerprint density at radius 3 is 2.67 bits per heavy atom. The van der Waals surface area contributed by atoms with Gasteiger partial charge in [-0.2, -0.15) is 0 Å². The van der Waals surface area contributed by atoms with E-state index in [2.05, 4.69) is 6.08 Å². The molecule has 1 aliphatic carbocycles. The van der Waals surface area contributed by atoms with Gasteiger partial charge in [0.05, 0.1) is 12.2 Å². The minimum atomic E-state index is -0.835. The van der Waals surface area contributed by atoms with Crippen molar-refractivity contribution in [3.05, 3.63) is 47.6 Å². The van der Waals surface area contributed by atoms with E-state index < -0.39 is 12.1 Å². The molecule has 0 amide bonds. The monoisotopic (exact) mass is 330 g/mol. The Balaban J connectivity index is 1.94. The molecule has 1 aromatic rings. The molecule has 0 saturated heterocycles. The number of hydrogen-bond acceptors (Lipinski definition) is 5. The van der Waals surface area contributed by atoms with Crippen LogP contribution in [0, 0.1) is 11.8 Å². The number of aliphatic hydroxyl groups excluding tert-OH is 1. The van der Waals surface area contributed by atoms with Gasteiger partial charge >= 0.3 is 5.97 Å². The van der Waals surface area contributed by atoms with Gasteiger partial charge in [-0.3, -0.25) is 0 Å². The van der Waals surface area contributed by atoms with Crippen molar-refractivity contribution in [2.75, 3.05) is 0 Å². The number of ether oxygens (including phenoxy) is 1. The van der Waals surface area contributed by atoms with Crippen molar-refractivity contribution in [3.8, 4) is 11.5 Å². The summed E-state index contributed by atoms with van der Waals surface area (Å²) >= 11 is 0. The van der Waals surface area contributed by atoms with Crippen molar-refractivity contribution in [1.82, 2.24) is 0 Å². The average molecular weight is 330 g/mol. The van der Waals surface area contributed by atoms with Crippen LogP contribution in [0.2, 0.25) is 0 Å². The van der Waals surface area contributed by atoms with Gasteiger partial charge in [0.1, 0.15) is 17.1 Å². The van der Waals surface area contributed by atoms with Gasteiger partial charge in [0.15, 0.2) is 0 Å². The zero-order valence-electron chi connectivity index (χ0n) is 13.6. The topological polar surface area (TPSA) is 87.0 Å². The van der Waals surface area contributed by atoms with Gasteiger partial charge in [0, 0.05) is 12.5 Å². The highest BCUT2D eigenvalue weighted by Gasteiger charge is 2.36. The molecule has 0 aromatic heterocycles. The third-order valence-electron chi connectivity index (χ3n) is 4.54. The van der Waals surface area contributed by atoms with Gasteiger partial charge in [-0.05, 0) is 43.2 Å². The molecule has 0 spiro atoms. The number of benzene rings is 1. The van der Waals surface area contributed by atoms with Gasteiger partial charge in [-0.15, -0.1) is 0 Å². The Labute approximate surface area is 140 Å². The summed E-state index contributed by atoms with van der Waals surface area (Å²) in [5, 5.41) is 29.9. The van der Waals surface area contributed by atoms with Crippen LogP contribution in [0.4, 0.5) is 0 Å². The van der Waals surface area contributed by atoms with Crippen molar-refractivity contribution in [2.45, 2.75) is 38.4 Å². The quantitative estimate of drug-likeness (QED) is 0.637. The second-order valence-corrected chi connectivity index (χ2v) is 6.65. The molecule has 1 heterocycles. The molecule has 3 rings (SSSR count). The fourth-order valence-electron chi connectivity index (χ4n) is 3.25. The highest BCUT2D eigenvalue weighted by molar-refractivity contribution is 5.94. The summed E-state index contributed by atoms with van der Waals surface area (Å²) in [6, 6.07) is 2.48. The molecule has 4 atom stereocenters.